The number of halogens is 1. The molecule has 5 rings (SSSR count). The zero-order valence-corrected chi connectivity index (χ0v) is 25.6. The van der Waals surface area contributed by atoms with Gasteiger partial charge in [-0.15, -0.1) is 24.2 Å². The van der Waals surface area contributed by atoms with Crippen LogP contribution in [0, 0.1) is 0 Å². The van der Waals surface area contributed by atoms with Gasteiger partial charge in [-0.05, 0) is 16.7 Å². The van der Waals surface area contributed by atoms with Gasteiger partial charge in [0, 0.05) is 19.6 Å². The number of nitrogens with zero attached hydrogens (tertiary/aromatic N) is 1. The van der Waals surface area contributed by atoms with Crippen molar-refractivity contribution in [2.24, 2.45) is 5.73 Å². The van der Waals surface area contributed by atoms with Crippen LogP contribution >= 0.6 is 24.2 Å². The van der Waals surface area contributed by atoms with Crippen molar-refractivity contribution < 1.29 is 33.4 Å². The summed E-state index contributed by atoms with van der Waals surface area (Å²) in [5.41, 5.74) is 8.37. The van der Waals surface area contributed by atoms with Crippen LogP contribution < -0.4 is 11.1 Å². The fourth-order valence-electron chi connectivity index (χ4n) is 4.98. The molecule has 12 heteroatoms. The summed E-state index contributed by atoms with van der Waals surface area (Å²) < 4.78 is 16.8. The van der Waals surface area contributed by atoms with Gasteiger partial charge in [-0.3, -0.25) is 19.3 Å². The van der Waals surface area contributed by atoms with Crippen LogP contribution in [-0.4, -0.2) is 59.2 Å². The molecule has 0 radical (unpaired) electrons. The molecule has 1 saturated heterocycles. The fourth-order valence-corrected chi connectivity index (χ4v) is 6.49. The van der Waals surface area contributed by atoms with Crippen LogP contribution in [0.4, 0.5) is 0 Å². The number of nitrogens with one attached hydrogen (secondary N) is 1. The first kappa shape index (κ1) is 32.7. The van der Waals surface area contributed by atoms with Crippen LogP contribution in [0.25, 0.3) is 0 Å². The third kappa shape index (κ3) is 6.81. The standard InChI is InChI=1S/C32H31N3O7S.ClH/c1-19(36)41-18-23-25(32(39)42-26(21-14-8-4-9-15-21)22-16-10-5-11-17-22)35-30(38)27(40-2)31(35)43-29(23)34-28(37)24(33)20-12-6-3-7-13-20;/h3-17,24,26-27,29,31H,18,33H2,1-2H3,(H,34,37);1H/t24?,27-,29?,31+;/m1./s1. The second kappa shape index (κ2) is 14.5. The lowest BCUT2D eigenvalue weighted by Gasteiger charge is -2.50. The number of carbonyl (C=O) groups is 4. The number of carbonyl (C=O) groups excluding carboxylic acids is 4. The molecule has 0 aromatic heterocycles. The summed E-state index contributed by atoms with van der Waals surface area (Å²) in [4.78, 5) is 53.8. The number of nitrogens with two attached hydrogens (primary N) is 1. The molecular weight excluding hydrogens is 606 g/mol. The summed E-state index contributed by atoms with van der Waals surface area (Å²) in [6.07, 6.45) is -1.66. The lowest BCUT2D eigenvalue weighted by molar-refractivity contribution is -0.164. The molecule has 0 bridgehead atoms. The van der Waals surface area contributed by atoms with Crippen LogP contribution in [0.5, 0.6) is 0 Å². The van der Waals surface area contributed by atoms with Crippen molar-refractivity contribution in [2.75, 3.05) is 13.7 Å². The van der Waals surface area contributed by atoms with Crippen LogP contribution in [-0.2, 0) is 33.4 Å². The second-order valence-electron chi connectivity index (χ2n) is 9.93. The van der Waals surface area contributed by atoms with Gasteiger partial charge in [-0.25, -0.2) is 4.79 Å². The number of fused-ring (bicyclic) bond motifs is 1. The maximum Gasteiger partial charge on any atom is 0.356 e. The molecule has 44 heavy (non-hydrogen) atoms. The average Bonchev–Trinajstić information content (AvgIpc) is 3.03. The zero-order chi connectivity index (χ0) is 30.5. The lowest BCUT2D eigenvalue weighted by Crippen LogP contribution is -2.67. The largest absolute Gasteiger partial charge is 0.461 e. The Morgan fingerprint density at radius 1 is 0.909 bits per heavy atom. The number of hydrogen-bond donors (Lipinski definition) is 2. The molecule has 0 saturated carbocycles. The van der Waals surface area contributed by atoms with Gasteiger partial charge in [0.2, 0.25) is 5.91 Å². The molecule has 4 atom stereocenters. The number of esters is 2. The summed E-state index contributed by atoms with van der Waals surface area (Å²) >= 11 is 1.19. The Balaban J connectivity index is 0.00000442. The Morgan fingerprint density at radius 3 is 1.93 bits per heavy atom. The van der Waals surface area contributed by atoms with E-state index in [2.05, 4.69) is 5.32 Å². The third-order valence-electron chi connectivity index (χ3n) is 7.15. The molecule has 2 heterocycles. The minimum atomic E-state index is -1.01. The summed E-state index contributed by atoms with van der Waals surface area (Å²) in [5.74, 6) is -2.39. The molecule has 0 spiro atoms. The Labute approximate surface area is 265 Å². The second-order valence-corrected chi connectivity index (χ2v) is 11.2. The van der Waals surface area contributed by atoms with Crippen molar-refractivity contribution in [3.05, 3.63) is 119 Å². The van der Waals surface area contributed by atoms with Gasteiger partial charge in [-0.2, -0.15) is 0 Å². The quantitative estimate of drug-likeness (QED) is 0.252. The van der Waals surface area contributed by atoms with Crippen molar-refractivity contribution >= 4 is 47.9 Å². The number of methoxy groups -OCH3 is 1. The highest BCUT2D eigenvalue weighted by Crippen LogP contribution is 2.45. The maximum absolute atomic E-state index is 14.1. The van der Waals surface area contributed by atoms with E-state index in [1.54, 1.807) is 24.3 Å². The van der Waals surface area contributed by atoms with Crippen molar-refractivity contribution in [2.45, 2.75) is 35.9 Å². The Bertz CT molecular complexity index is 1490. The SMILES string of the molecule is CO[C@@H]1C(=O)N2C(C(=O)OC(c3ccccc3)c3ccccc3)=C(COC(C)=O)C(NC(=O)C(N)c3ccccc3)S[C@@H]12.Cl. The van der Waals surface area contributed by atoms with E-state index in [1.165, 1.54) is 30.7 Å². The highest BCUT2D eigenvalue weighted by atomic mass is 35.5. The van der Waals surface area contributed by atoms with Gasteiger partial charge in [0.1, 0.15) is 29.1 Å². The van der Waals surface area contributed by atoms with Crippen molar-refractivity contribution in [3.63, 3.8) is 0 Å². The van der Waals surface area contributed by atoms with E-state index in [9.17, 15) is 19.2 Å². The van der Waals surface area contributed by atoms with Gasteiger partial charge in [0.25, 0.3) is 5.91 Å². The molecule has 2 unspecified atom stereocenters. The number of benzene rings is 3. The summed E-state index contributed by atoms with van der Waals surface area (Å²) in [5, 5.41) is 1.35. The lowest BCUT2D eigenvalue weighted by atomic mass is 10.0. The molecule has 3 aromatic carbocycles. The first-order chi connectivity index (χ1) is 20.8. The van der Waals surface area contributed by atoms with Gasteiger partial charge >= 0.3 is 11.9 Å². The van der Waals surface area contributed by atoms with E-state index in [0.717, 1.165) is 0 Å². The third-order valence-corrected chi connectivity index (χ3v) is 8.57. The maximum atomic E-state index is 14.1. The van der Waals surface area contributed by atoms with Crippen molar-refractivity contribution in [1.29, 1.82) is 0 Å². The Kier molecular flexibility index (Phi) is 10.8. The van der Waals surface area contributed by atoms with E-state index in [1.807, 2.05) is 66.7 Å². The summed E-state index contributed by atoms with van der Waals surface area (Å²) in [6, 6.07) is 26.2. The number of amides is 2. The first-order valence-electron chi connectivity index (χ1n) is 13.6. The molecule has 3 N–H and O–H groups in total. The first-order valence-corrected chi connectivity index (χ1v) is 14.5. The predicted octanol–water partition coefficient (Wildman–Crippen LogP) is 3.63. The molecule has 10 nitrogen and oxygen atoms in total. The molecule has 230 valence electrons. The van der Waals surface area contributed by atoms with Crippen LogP contribution in [0.15, 0.2) is 102 Å². The molecule has 2 aliphatic heterocycles. The van der Waals surface area contributed by atoms with E-state index in [-0.39, 0.29) is 30.3 Å². The van der Waals surface area contributed by atoms with Crippen molar-refractivity contribution in [3.8, 4) is 0 Å². The van der Waals surface area contributed by atoms with Crippen LogP contribution in [0.2, 0.25) is 0 Å². The van der Waals surface area contributed by atoms with Gasteiger partial charge in [-0.1, -0.05) is 91.0 Å². The molecule has 2 amide bonds. The smallest absolute Gasteiger partial charge is 0.356 e. The summed E-state index contributed by atoms with van der Waals surface area (Å²) in [7, 11) is 1.40. The number of ether oxygens (including phenoxy) is 3. The number of hydrogen-bond acceptors (Lipinski definition) is 9. The average molecular weight is 638 g/mol. The van der Waals surface area contributed by atoms with E-state index in [4.69, 9.17) is 19.9 Å². The predicted molar refractivity (Wildman–Crippen MR) is 166 cm³/mol. The fraction of sp³-hybridized carbons (Fsp3) is 0.250. The van der Waals surface area contributed by atoms with Gasteiger partial charge < -0.3 is 25.3 Å². The highest BCUT2D eigenvalue weighted by molar-refractivity contribution is 8.00. The molecule has 3 aromatic rings. The zero-order valence-electron chi connectivity index (χ0n) is 24.0. The minimum Gasteiger partial charge on any atom is -0.461 e. The number of rotatable bonds is 10. The molecular formula is C32H32ClN3O7S. The number of thioether (sulfide) groups is 1. The van der Waals surface area contributed by atoms with Crippen molar-refractivity contribution in [1.82, 2.24) is 10.2 Å². The summed E-state index contributed by atoms with van der Waals surface area (Å²) in [6.45, 7) is 0.862. The molecule has 2 aliphatic rings. The topological polar surface area (TPSA) is 137 Å². The van der Waals surface area contributed by atoms with E-state index >= 15 is 0 Å². The highest BCUT2D eigenvalue weighted by Gasteiger charge is 2.57. The number of β-lactam (4-membered cyclic amide) rings is 1. The van der Waals surface area contributed by atoms with E-state index in [0.29, 0.717) is 16.7 Å². The minimum absolute atomic E-state index is 0. The Hall–Kier alpha value is -4.16. The monoisotopic (exact) mass is 637 g/mol. The normalized spacial score (nSPS) is 19.7. The molecule has 1 fully saturated rings. The van der Waals surface area contributed by atoms with Crippen LogP contribution in [0.1, 0.15) is 35.8 Å². The Morgan fingerprint density at radius 2 is 1.43 bits per heavy atom. The van der Waals surface area contributed by atoms with E-state index < -0.39 is 52.8 Å². The van der Waals surface area contributed by atoms with Gasteiger partial charge in [0.05, 0.1) is 0 Å². The van der Waals surface area contributed by atoms with Crippen LogP contribution in [0.3, 0.4) is 0 Å². The van der Waals surface area contributed by atoms with Gasteiger partial charge in [0.15, 0.2) is 12.2 Å². The molecule has 0 aliphatic carbocycles.